The van der Waals surface area contributed by atoms with Gasteiger partial charge in [-0.3, -0.25) is 0 Å². The van der Waals surface area contributed by atoms with Crippen molar-refractivity contribution >= 4 is 0 Å². The van der Waals surface area contributed by atoms with E-state index in [0.29, 0.717) is 0 Å². The molecule has 0 aliphatic heterocycles. The van der Waals surface area contributed by atoms with Crippen LogP contribution < -0.4 is 0 Å². The lowest BCUT2D eigenvalue weighted by Crippen LogP contribution is -1.47. The molecule has 0 radical (unpaired) electrons. The Morgan fingerprint density at radius 3 is 0.292 bits per heavy atom. The van der Waals surface area contributed by atoms with E-state index in [0.717, 1.165) is 0 Å². The molecule has 0 saturated heterocycles. The lowest BCUT2D eigenvalue weighted by atomic mass is 10.4. The number of rotatable bonds is 0. The van der Waals surface area contributed by atoms with Gasteiger partial charge in [-0.1, -0.05) is 158 Å². The molecule has 2 aromatic carbocycles. The molecule has 0 saturated carbocycles. The van der Waals surface area contributed by atoms with Gasteiger partial charge >= 0.3 is 0 Å². The zero-order valence-corrected chi connectivity index (χ0v) is 14.9. The molecule has 0 heterocycles. The van der Waals surface area contributed by atoms with Crippen LogP contribution in [-0.4, -0.2) is 0 Å². The zero-order valence-electron chi connectivity index (χ0n) is 14.9. The fourth-order valence-corrected chi connectivity index (χ4v) is 0.770. The van der Waals surface area contributed by atoms with Gasteiger partial charge in [0.25, 0.3) is 0 Å². The molecule has 0 amide bonds. The monoisotopic (exact) mass is 340 g/mol. The first-order valence-corrected chi connectivity index (χ1v) is 8.00. The minimum Gasteiger partial charge on any atom is -0.0776 e. The van der Waals surface area contributed by atoms with Crippen molar-refractivity contribution in [1.29, 1.82) is 0 Å². The highest BCUT2D eigenvalue weighted by Crippen LogP contribution is 1.80. The molecule has 148 valence electrons. The molecule has 2 aromatic rings. The minimum atomic E-state index is 0. The first kappa shape index (κ1) is 49.5. The first-order valence-electron chi connectivity index (χ1n) is 8.00. The summed E-state index contributed by atoms with van der Waals surface area (Å²) in [6, 6.07) is 24.0. The molecule has 0 spiro atoms. The maximum atomic E-state index is 2.00. The van der Waals surface area contributed by atoms with E-state index >= 15 is 0 Å². The highest BCUT2D eigenvalue weighted by atomic mass is 13.7. The average molecular weight is 341 g/mol. The largest absolute Gasteiger partial charge is 0.0776 e. The van der Waals surface area contributed by atoms with Crippen LogP contribution in [0.2, 0.25) is 0 Å². The maximum Gasteiger partial charge on any atom is -0.0623 e. The van der Waals surface area contributed by atoms with Crippen LogP contribution in [-0.2, 0) is 0 Å². The molecule has 2 rings (SSSR count). The van der Waals surface area contributed by atoms with E-state index in [2.05, 4.69) is 0 Å². The van der Waals surface area contributed by atoms with E-state index in [1.807, 2.05) is 128 Å². The molecular weight excluding hydrogens is 288 g/mol. The zero-order chi connectivity index (χ0) is 16.5. The highest BCUT2D eigenvalue weighted by Gasteiger charge is 1.58. The van der Waals surface area contributed by atoms with Crippen LogP contribution in [0.3, 0.4) is 0 Å². The Kier molecular flexibility index (Phi) is 169. The van der Waals surface area contributed by atoms with Crippen LogP contribution in [0.4, 0.5) is 0 Å². The molecule has 0 atom stereocenters. The van der Waals surface area contributed by atoms with Gasteiger partial charge in [0.2, 0.25) is 0 Å². The van der Waals surface area contributed by atoms with Crippen molar-refractivity contribution in [3.63, 3.8) is 0 Å². The Bertz CT molecular complexity index is 175. The molecule has 0 bridgehead atoms. The lowest BCUT2D eigenvalue weighted by Gasteiger charge is -1.69. The van der Waals surface area contributed by atoms with Crippen LogP contribution in [0.1, 0.15) is 85.1 Å². The SMILES string of the molecule is C.C.C.C.CC.CC.CC.CC.c1ccccc1.c1ccccc1. The van der Waals surface area contributed by atoms with E-state index in [9.17, 15) is 0 Å². The van der Waals surface area contributed by atoms with Crippen molar-refractivity contribution in [2.75, 3.05) is 0 Å². The first-order chi connectivity index (χ1) is 10.0. The standard InChI is InChI=1S/2C6H6.4C2H6.4CH4/c2*1-2-4-6-5-3-1;4*1-2;;;;/h2*1-6H;4*1-2H3;4*1H4. The molecule has 0 aromatic heterocycles. The van der Waals surface area contributed by atoms with Gasteiger partial charge < -0.3 is 0 Å². The molecule has 0 N–H and O–H groups in total. The van der Waals surface area contributed by atoms with Crippen LogP contribution >= 0.6 is 0 Å². The van der Waals surface area contributed by atoms with Gasteiger partial charge in [0.1, 0.15) is 0 Å². The van der Waals surface area contributed by atoms with E-state index in [-0.39, 0.29) is 29.7 Å². The van der Waals surface area contributed by atoms with E-state index < -0.39 is 0 Å². The van der Waals surface area contributed by atoms with Gasteiger partial charge in [-0.25, -0.2) is 0 Å². The normalized spacial score (nSPS) is 5.00. The van der Waals surface area contributed by atoms with Crippen LogP contribution in [0.25, 0.3) is 0 Å². The quantitative estimate of drug-likeness (QED) is 0.447. The Morgan fingerprint density at radius 1 is 0.208 bits per heavy atom. The fourth-order valence-electron chi connectivity index (χ4n) is 0.770. The number of hydrogen-bond donors (Lipinski definition) is 0. The minimum absolute atomic E-state index is 0. The van der Waals surface area contributed by atoms with Crippen LogP contribution in [0.5, 0.6) is 0 Å². The summed E-state index contributed by atoms with van der Waals surface area (Å²) in [6.45, 7) is 16.0. The predicted octanol–water partition coefficient (Wildman–Crippen LogP) is 10.0. The summed E-state index contributed by atoms with van der Waals surface area (Å²) in [5.74, 6) is 0. The van der Waals surface area contributed by atoms with E-state index in [4.69, 9.17) is 0 Å². The summed E-state index contributed by atoms with van der Waals surface area (Å²) in [6.07, 6.45) is 0. The van der Waals surface area contributed by atoms with E-state index in [1.54, 1.807) is 0 Å². The van der Waals surface area contributed by atoms with Crippen molar-refractivity contribution in [3.05, 3.63) is 72.8 Å². The van der Waals surface area contributed by atoms with Gasteiger partial charge in [0.15, 0.2) is 0 Å². The summed E-state index contributed by atoms with van der Waals surface area (Å²) >= 11 is 0. The summed E-state index contributed by atoms with van der Waals surface area (Å²) in [5, 5.41) is 0. The smallest absolute Gasteiger partial charge is 0.0623 e. The van der Waals surface area contributed by atoms with Gasteiger partial charge in [-0.05, 0) is 0 Å². The number of benzene rings is 2. The van der Waals surface area contributed by atoms with Gasteiger partial charge in [0.05, 0.1) is 0 Å². The second-order valence-corrected chi connectivity index (χ2v) is 2.31. The predicted molar refractivity (Wildman–Crippen MR) is 125 cm³/mol. The Balaban J connectivity index is -0.0000000226. The van der Waals surface area contributed by atoms with Crippen molar-refractivity contribution in [2.45, 2.75) is 85.1 Å². The summed E-state index contributed by atoms with van der Waals surface area (Å²) < 4.78 is 0. The maximum absolute atomic E-state index is 2.00. The molecule has 0 nitrogen and oxygen atoms in total. The summed E-state index contributed by atoms with van der Waals surface area (Å²) in [4.78, 5) is 0. The molecule has 0 fully saturated rings. The second kappa shape index (κ2) is 82.2. The summed E-state index contributed by atoms with van der Waals surface area (Å²) in [5.41, 5.74) is 0. The molecule has 0 heteroatoms. The topological polar surface area (TPSA) is 0 Å². The average Bonchev–Trinajstić information content (AvgIpc) is 2.65. The number of hydrogen-bond acceptors (Lipinski definition) is 0. The third-order valence-corrected chi connectivity index (χ3v) is 1.33. The second-order valence-electron chi connectivity index (χ2n) is 2.31. The van der Waals surface area contributed by atoms with Crippen molar-refractivity contribution in [2.24, 2.45) is 0 Å². The van der Waals surface area contributed by atoms with Crippen LogP contribution in [0.15, 0.2) is 72.8 Å². The lowest BCUT2D eigenvalue weighted by molar-refractivity contribution is 1.50. The van der Waals surface area contributed by atoms with Gasteiger partial charge in [-0.15, -0.1) is 0 Å². The molecule has 0 unspecified atom stereocenters. The summed E-state index contributed by atoms with van der Waals surface area (Å²) in [7, 11) is 0. The van der Waals surface area contributed by atoms with Crippen LogP contribution in [0, 0.1) is 0 Å². The van der Waals surface area contributed by atoms with Gasteiger partial charge in [0, 0.05) is 0 Å². The third kappa shape index (κ3) is 70.9. The fraction of sp³-hybridized carbons (Fsp3) is 0.500. The Hall–Kier alpha value is -1.56. The molecule has 24 heavy (non-hydrogen) atoms. The van der Waals surface area contributed by atoms with Crippen molar-refractivity contribution in [1.82, 2.24) is 0 Å². The van der Waals surface area contributed by atoms with Crippen molar-refractivity contribution < 1.29 is 0 Å². The molecule has 0 aliphatic carbocycles. The highest BCUT2D eigenvalue weighted by molar-refractivity contribution is 4.99. The molecule has 0 aliphatic rings. The van der Waals surface area contributed by atoms with Crippen molar-refractivity contribution in [3.8, 4) is 0 Å². The Labute approximate surface area is 158 Å². The molecular formula is C24H52. The van der Waals surface area contributed by atoms with Gasteiger partial charge in [-0.2, -0.15) is 0 Å². The Morgan fingerprint density at radius 2 is 0.250 bits per heavy atom. The van der Waals surface area contributed by atoms with E-state index in [1.165, 1.54) is 0 Å². The third-order valence-electron chi connectivity index (χ3n) is 1.33.